The molecule has 0 atom stereocenters. The van der Waals surface area contributed by atoms with Crippen LogP contribution in [0, 0.1) is 0 Å². The molecule has 0 spiro atoms. The maximum atomic E-state index is 11.9. The first-order valence-corrected chi connectivity index (χ1v) is 7.91. The van der Waals surface area contributed by atoms with Crippen molar-refractivity contribution in [1.29, 1.82) is 0 Å². The van der Waals surface area contributed by atoms with Crippen molar-refractivity contribution in [1.82, 2.24) is 4.90 Å². The van der Waals surface area contributed by atoms with E-state index in [9.17, 15) is 4.79 Å². The van der Waals surface area contributed by atoms with Crippen LogP contribution in [0.15, 0.2) is 30.3 Å². The number of carbonyl (C=O) groups is 1. The highest BCUT2D eigenvalue weighted by Crippen LogP contribution is 2.15. The molecule has 0 radical (unpaired) electrons. The van der Waals surface area contributed by atoms with Gasteiger partial charge in [0.1, 0.15) is 0 Å². The van der Waals surface area contributed by atoms with E-state index in [1.807, 2.05) is 22.7 Å². The van der Waals surface area contributed by atoms with Crippen molar-refractivity contribution < 1.29 is 4.79 Å². The van der Waals surface area contributed by atoms with Gasteiger partial charge >= 0.3 is 0 Å². The third kappa shape index (κ3) is 4.37. The third-order valence-corrected chi connectivity index (χ3v) is 4.31. The molecule has 1 amide bonds. The number of carbonyl (C=O) groups excluding carboxylic acids is 1. The fourth-order valence-electron chi connectivity index (χ4n) is 2.23. The Labute approximate surface area is 114 Å². The van der Waals surface area contributed by atoms with Crippen LogP contribution >= 0.6 is 11.8 Å². The molecule has 0 bridgehead atoms. The number of rotatable bonds is 5. The highest BCUT2D eigenvalue weighted by atomic mass is 32.2. The molecule has 98 valence electrons. The molecule has 0 aromatic heterocycles. The molecule has 2 rings (SSSR count). The molecule has 1 saturated heterocycles. The minimum Gasteiger partial charge on any atom is -0.343 e. The summed E-state index contributed by atoms with van der Waals surface area (Å²) in [7, 11) is 0. The fraction of sp³-hybridized carbons (Fsp3) is 0.533. The Bertz CT molecular complexity index is 360. The van der Waals surface area contributed by atoms with Crippen LogP contribution in [-0.2, 0) is 10.5 Å². The second-order valence-corrected chi connectivity index (χ2v) is 5.83. The van der Waals surface area contributed by atoms with E-state index >= 15 is 0 Å². The van der Waals surface area contributed by atoms with Crippen LogP contribution in [0.4, 0.5) is 0 Å². The lowest BCUT2D eigenvalue weighted by Crippen LogP contribution is -2.35. The van der Waals surface area contributed by atoms with Gasteiger partial charge < -0.3 is 4.90 Å². The van der Waals surface area contributed by atoms with Gasteiger partial charge in [0.05, 0.1) is 0 Å². The van der Waals surface area contributed by atoms with Gasteiger partial charge in [-0.15, -0.1) is 0 Å². The molecule has 0 aliphatic carbocycles. The van der Waals surface area contributed by atoms with E-state index in [4.69, 9.17) is 0 Å². The number of hydrogen-bond donors (Lipinski definition) is 0. The maximum absolute atomic E-state index is 11.9. The van der Waals surface area contributed by atoms with E-state index in [1.165, 1.54) is 24.8 Å². The molecule has 0 N–H and O–H groups in total. The summed E-state index contributed by atoms with van der Waals surface area (Å²) in [6.45, 7) is 1.95. The Morgan fingerprint density at radius 3 is 2.56 bits per heavy atom. The van der Waals surface area contributed by atoms with Gasteiger partial charge in [-0.2, -0.15) is 11.8 Å². The first-order chi connectivity index (χ1) is 8.86. The summed E-state index contributed by atoms with van der Waals surface area (Å²) in [6, 6.07) is 10.4. The molecule has 1 aromatic rings. The Morgan fingerprint density at radius 2 is 1.83 bits per heavy atom. The van der Waals surface area contributed by atoms with Gasteiger partial charge in [0.15, 0.2) is 0 Å². The first-order valence-electron chi connectivity index (χ1n) is 6.76. The number of amides is 1. The van der Waals surface area contributed by atoms with Gasteiger partial charge in [-0.1, -0.05) is 30.3 Å². The average Bonchev–Trinajstić information content (AvgIpc) is 2.45. The van der Waals surface area contributed by atoms with Crippen molar-refractivity contribution in [2.24, 2.45) is 0 Å². The maximum Gasteiger partial charge on any atom is 0.223 e. The zero-order valence-electron chi connectivity index (χ0n) is 10.8. The number of hydrogen-bond acceptors (Lipinski definition) is 2. The molecular weight excluding hydrogens is 242 g/mol. The van der Waals surface area contributed by atoms with Gasteiger partial charge in [-0.05, 0) is 24.8 Å². The second-order valence-electron chi connectivity index (χ2n) is 4.73. The minimum atomic E-state index is 0.343. The minimum absolute atomic E-state index is 0.343. The number of nitrogens with zero attached hydrogens (tertiary/aromatic N) is 1. The smallest absolute Gasteiger partial charge is 0.223 e. The SMILES string of the molecule is O=C(CCSCc1ccccc1)N1CCCCC1. The second kappa shape index (κ2) is 7.47. The predicted molar refractivity (Wildman–Crippen MR) is 77.7 cm³/mol. The van der Waals surface area contributed by atoms with Crippen molar-refractivity contribution >= 4 is 17.7 Å². The lowest BCUT2D eigenvalue weighted by Gasteiger charge is -2.26. The Balaban J connectivity index is 1.61. The largest absolute Gasteiger partial charge is 0.343 e. The highest BCUT2D eigenvalue weighted by Gasteiger charge is 2.15. The zero-order chi connectivity index (χ0) is 12.6. The van der Waals surface area contributed by atoms with Crippen LogP contribution in [-0.4, -0.2) is 29.6 Å². The third-order valence-electron chi connectivity index (χ3n) is 3.28. The molecule has 1 aliphatic heterocycles. The van der Waals surface area contributed by atoms with Crippen molar-refractivity contribution in [3.8, 4) is 0 Å². The van der Waals surface area contributed by atoms with Crippen molar-refractivity contribution in [2.75, 3.05) is 18.8 Å². The van der Waals surface area contributed by atoms with E-state index in [-0.39, 0.29) is 0 Å². The highest BCUT2D eigenvalue weighted by molar-refractivity contribution is 7.98. The number of benzene rings is 1. The molecule has 2 nitrogen and oxygen atoms in total. The van der Waals surface area contributed by atoms with Crippen molar-refractivity contribution in [3.63, 3.8) is 0 Å². The van der Waals surface area contributed by atoms with Crippen LogP contribution < -0.4 is 0 Å². The molecule has 18 heavy (non-hydrogen) atoms. The van der Waals surface area contributed by atoms with E-state index in [0.717, 1.165) is 24.6 Å². The summed E-state index contributed by atoms with van der Waals surface area (Å²) in [5.74, 6) is 2.29. The molecular formula is C15H21NOS. The van der Waals surface area contributed by atoms with E-state index in [0.29, 0.717) is 12.3 Å². The molecule has 0 saturated carbocycles. The van der Waals surface area contributed by atoms with Gasteiger partial charge in [0.25, 0.3) is 0 Å². The van der Waals surface area contributed by atoms with Crippen LogP contribution in [0.1, 0.15) is 31.2 Å². The Hall–Kier alpha value is -0.960. The van der Waals surface area contributed by atoms with Crippen molar-refractivity contribution in [2.45, 2.75) is 31.4 Å². The van der Waals surface area contributed by atoms with E-state index < -0.39 is 0 Å². The number of piperidine rings is 1. The van der Waals surface area contributed by atoms with E-state index in [2.05, 4.69) is 24.3 Å². The summed E-state index contributed by atoms with van der Waals surface area (Å²) in [4.78, 5) is 14.0. The Kier molecular flexibility index (Phi) is 5.59. The summed E-state index contributed by atoms with van der Waals surface area (Å²) in [5.41, 5.74) is 1.34. The monoisotopic (exact) mass is 263 g/mol. The van der Waals surface area contributed by atoms with E-state index in [1.54, 1.807) is 0 Å². The van der Waals surface area contributed by atoms with Crippen LogP contribution in [0.2, 0.25) is 0 Å². The predicted octanol–water partition coefficient (Wildman–Crippen LogP) is 3.32. The molecule has 3 heteroatoms. The fourth-order valence-corrected chi connectivity index (χ4v) is 3.12. The summed E-state index contributed by atoms with van der Waals surface area (Å²) < 4.78 is 0. The zero-order valence-corrected chi connectivity index (χ0v) is 11.6. The quantitative estimate of drug-likeness (QED) is 0.760. The summed E-state index contributed by atoms with van der Waals surface area (Å²) in [6.07, 6.45) is 4.34. The average molecular weight is 263 g/mol. The molecule has 1 heterocycles. The van der Waals surface area contributed by atoms with Gasteiger partial charge in [0, 0.05) is 31.0 Å². The van der Waals surface area contributed by atoms with Crippen LogP contribution in [0.5, 0.6) is 0 Å². The van der Waals surface area contributed by atoms with Gasteiger partial charge in [-0.25, -0.2) is 0 Å². The van der Waals surface area contributed by atoms with Crippen LogP contribution in [0.3, 0.4) is 0 Å². The molecule has 0 unspecified atom stereocenters. The number of likely N-dealkylation sites (tertiary alicyclic amines) is 1. The molecule has 1 aliphatic rings. The first kappa shape index (κ1) is 13.5. The topological polar surface area (TPSA) is 20.3 Å². The lowest BCUT2D eigenvalue weighted by atomic mass is 10.1. The molecule has 1 aromatic carbocycles. The van der Waals surface area contributed by atoms with Crippen molar-refractivity contribution in [3.05, 3.63) is 35.9 Å². The standard InChI is InChI=1S/C15H21NOS/c17-15(16-10-5-2-6-11-16)9-12-18-13-14-7-3-1-4-8-14/h1,3-4,7-8H,2,5-6,9-13H2. The molecule has 1 fully saturated rings. The Morgan fingerprint density at radius 1 is 1.11 bits per heavy atom. The normalized spacial score (nSPS) is 15.7. The number of thioether (sulfide) groups is 1. The van der Waals surface area contributed by atoms with Crippen LogP contribution in [0.25, 0.3) is 0 Å². The van der Waals surface area contributed by atoms with Gasteiger partial charge in [0.2, 0.25) is 5.91 Å². The lowest BCUT2D eigenvalue weighted by molar-refractivity contribution is -0.131. The summed E-state index contributed by atoms with van der Waals surface area (Å²) in [5, 5.41) is 0. The summed E-state index contributed by atoms with van der Waals surface area (Å²) >= 11 is 1.85. The van der Waals surface area contributed by atoms with Gasteiger partial charge in [-0.3, -0.25) is 4.79 Å².